The van der Waals surface area contributed by atoms with Crippen molar-refractivity contribution in [2.75, 3.05) is 19.4 Å². The molecule has 6 aromatic rings. The first-order valence-electron chi connectivity index (χ1n) is 11.6. The zero-order chi connectivity index (χ0) is 24.5. The summed E-state index contributed by atoms with van der Waals surface area (Å²) in [5, 5.41) is 12.3. The molecule has 8 nitrogen and oxygen atoms in total. The number of fused-ring (bicyclic) bond motifs is 4. The second-order valence-corrected chi connectivity index (χ2v) is 9.42. The van der Waals surface area contributed by atoms with Gasteiger partial charge in [0.05, 0.1) is 23.9 Å². The molecule has 0 fully saturated rings. The minimum atomic E-state index is -0.0566. The van der Waals surface area contributed by atoms with Crippen molar-refractivity contribution in [1.29, 1.82) is 0 Å². The van der Waals surface area contributed by atoms with Gasteiger partial charge in [-0.05, 0) is 41.5 Å². The maximum atomic E-state index is 12.9. The van der Waals surface area contributed by atoms with Crippen LogP contribution in [0.1, 0.15) is 17.0 Å². The highest BCUT2D eigenvalue weighted by Crippen LogP contribution is 2.31. The highest BCUT2D eigenvalue weighted by molar-refractivity contribution is 7.99. The van der Waals surface area contributed by atoms with Gasteiger partial charge >= 0.3 is 0 Å². The number of aromatic amines is 2. The molecule has 3 aromatic heterocycles. The summed E-state index contributed by atoms with van der Waals surface area (Å²) in [6.45, 7) is 0.470. The minimum Gasteiger partial charge on any atom is -0.497 e. The fourth-order valence-electron chi connectivity index (χ4n) is 4.56. The summed E-state index contributed by atoms with van der Waals surface area (Å²) in [4.78, 5) is 20.8. The number of rotatable bonds is 8. The Kier molecular flexibility index (Phi) is 5.82. The van der Waals surface area contributed by atoms with E-state index in [1.165, 1.54) is 11.8 Å². The summed E-state index contributed by atoms with van der Waals surface area (Å²) in [5.41, 5.74) is 5.17. The average Bonchev–Trinajstić information content (AvgIpc) is 3.62. The van der Waals surface area contributed by atoms with Gasteiger partial charge in [0.2, 0.25) is 11.7 Å². The number of aromatic nitrogens is 5. The molecule has 3 heterocycles. The van der Waals surface area contributed by atoms with Gasteiger partial charge in [0.15, 0.2) is 5.16 Å². The van der Waals surface area contributed by atoms with Crippen molar-refractivity contribution in [2.24, 2.45) is 0 Å². The van der Waals surface area contributed by atoms with E-state index in [4.69, 9.17) is 4.74 Å². The summed E-state index contributed by atoms with van der Waals surface area (Å²) in [6.07, 6.45) is 2.03. The molecule has 9 heteroatoms. The monoisotopic (exact) mass is 496 g/mol. The van der Waals surface area contributed by atoms with Gasteiger partial charge in [0.25, 0.3) is 0 Å². The van der Waals surface area contributed by atoms with Crippen molar-refractivity contribution < 1.29 is 9.53 Å². The quantitative estimate of drug-likeness (QED) is 0.264. The molecular weight excluding hydrogens is 472 g/mol. The predicted molar refractivity (Wildman–Crippen MR) is 142 cm³/mol. The maximum Gasteiger partial charge on any atom is 0.231 e. The summed E-state index contributed by atoms with van der Waals surface area (Å²) in [7, 11) is 1.66. The lowest BCUT2D eigenvalue weighted by molar-refractivity contribution is -0.118. The Hall–Kier alpha value is -4.24. The fraction of sp³-hybridized carbons (Fsp3) is 0.148. The minimum absolute atomic E-state index is 0.0179. The largest absolute Gasteiger partial charge is 0.497 e. The number of methoxy groups -OCH3 is 1. The smallest absolute Gasteiger partial charge is 0.231 e. The molecule has 1 atom stereocenters. The third-order valence-corrected chi connectivity index (χ3v) is 7.29. The Labute approximate surface area is 211 Å². The number of H-pyrrole nitrogens is 2. The molecule has 0 spiro atoms. The first-order valence-corrected chi connectivity index (χ1v) is 12.6. The molecule has 0 unspecified atom stereocenters. The number of amides is 1. The molecular formula is C27H24N6O2S. The van der Waals surface area contributed by atoms with Crippen LogP contribution in [0.25, 0.3) is 27.7 Å². The Morgan fingerprint density at radius 1 is 1.08 bits per heavy atom. The van der Waals surface area contributed by atoms with E-state index >= 15 is 0 Å². The van der Waals surface area contributed by atoms with E-state index in [0.29, 0.717) is 17.5 Å². The van der Waals surface area contributed by atoms with Crippen LogP contribution in [0.5, 0.6) is 5.75 Å². The number of ether oxygens (including phenoxy) is 1. The van der Waals surface area contributed by atoms with Crippen molar-refractivity contribution in [3.05, 3.63) is 90.1 Å². The highest BCUT2D eigenvalue weighted by Gasteiger charge is 2.20. The molecule has 3 N–H and O–H groups in total. The summed E-state index contributed by atoms with van der Waals surface area (Å²) < 4.78 is 7.28. The van der Waals surface area contributed by atoms with Crippen molar-refractivity contribution in [3.8, 4) is 5.75 Å². The molecule has 0 saturated heterocycles. The number of imidazole rings is 1. The van der Waals surface area contributed by atoms with Gasteiger partial charge in [0.1, 0.15) is 5.75 Å². The van der Waals surface area contributed by atoms with Crippen molar-refractivity contribution in [2.45, 2.75) is 11.1 Å². The van der Waals surface area contributed by atoms with Crippen LogP contribution in [0.4, 0.5) is 0 Å². The topological polar surface area (TPSA) is 100 Å². The number of nitrogens with one attached hydrogen (secondary N) is 3. The molecule has 180 valence electrons. The zero-order valence-corrected chi connectivity index (χ0v) is 20.4. The van der Waals surface area contributed by atoms with Crippen LogP contribution in [0.3, 0.4) is 0 Å². The van der Waals surface area contributed by atoms with E-state index in [1.54, 1.807) is 7.11 Å². The number of hydrogen-bond acceptors (Lipinski definition) is 5. The van der Waals surface area contributed by atoms with Crippen LogP contribution in [-0.2, 0) is 4.79 Å². The molecule has 3 aromatic carbocycles. The van der Waals surface area contributed by atoms with Gasteiger partial charge in [-0.2, -0.15) is 0 Å². The highest BCUT2D eigenvalue weighted by atomic mass is 32.2. The zero-order valence-electron chi connectivity index (χ0n) is 19.6. The number of carbonyl (C=O) groups is 1. The van der Waals surface area contributed by atoms with Crippen LogP contribution < -0.4 is 10.1 Å². The average molecular weight is 497 g/mol. The van der Waals surface area contributed by atoms with Gasteiger partial charge < -0.3 is 15.0 Å². The van der Waals surface area contributed by atoms with Crippen LogP contribution in [-0.4, -0.2) is 49.9 Å². The molecule has 6 rings (SSSR count). The number of para-hydroxylation sites is 3. The van der Waals surface area contributed by atoms with E-state index in [1.807, 2.05) is 59.1 Å². The molecule has 0 aliphatic rings. The molecule has 0 radical (unpaired) electrons. The maximum absolute atomic E-state index is 12.9. The number of thioether (sulfide) groups is 1. The number of hydrogen-bond donors (Lipinski definition) is 3. The SMILES string of the molecule is COc1ccc([C@@H](CNC(=O)CSc2n[nH]c3nc4ccccc4n23)c2c[nH]c3ccccc23)cc1. The molecule has 0 aliphatic carbocycles. The Morgan fingerprint density at radius 2 is 1.89 bits per heavy atom. The molecule has 0 saturated carbocycles. The standard InChI is InChI=1S/C27H24N6O2S/c1-35-18-12-10-17(11-13-18)20(21-15-28-22-7-3-2-6-19(21)22)14-29-25(34)16-36-27-32-31-26-30-23-8-4-5-9-24(23)33(26)27/h2-13,15,20,28H,14,16H2,1H3,(H,29,34)(H,30,31)/t20-/m1/s1. The molecule has 1 amide bonds. The lowest BCUT2D eigenvalue weighted by Crippen LogP contribution is -2.30. The Bertz CT molecular complexity index is 1670. The van der Waals surface area contributed by atoms with Gasteiger partial charge in [0, 0.05) is 29.6 Å². The summed E-state index contributed by atoms with van der Waals surface area (Å²) in [6, 6.07) is 24.1. The van der Waals surface area contributed by atoms with E-state index in [-0.39, 0.29) is 17.6 Å². The summed E-state index contributed by atoms with van der Waals surface area (Å²) in [5.74, 6) is 1.64. The van der Waals surface area contributed by atoms with Gasteiger partial charge in [-0.25, -0.2) is 10.1 Å². The second kappa shape index (κ2) is 9.43. The van der Waals surface area contributed by atoms with Crippen LogP contribution in [0, 0.1) is 0 Å². The normalized spacial score (nSPS) is 12.4. The fourth-order valence-corrected chi connectivity index (χ4v) is 5.35. The number of benzene rings is 3. The van der Waals surface area contributed by atoms with E-state index < -0.39 is 0 Å². The van der Waals surface area contributed by atoms with Gasteiger partial charge in [-0.1, -0.05) is 54.2 Å². The van der Waals surface area contributed by atoms with E-state index in [2.05, 4.69) is 49.7 Å². The Morgan fingerprint density at radius 3 is 2.75 bits per heavy atom. The molecule has 0 bridgehead atoms. The Balaban J connectivity index is 1.20. The van der Waals surface area contributed by atoms with Gasteiger partial charge in [-0.3, -0.25) is 9.20 Å². The molecule has 0 aliphatic heterocycles. The third-order valence-electron chi connectivity index (χ3n) is 6.35. The first-order chi connectivity index (χ1) is 17.7. The van der Waals surface area contributed by atoms with Crippen LogP contribution >= 0.6 is 11.8 Å². The summed E-state index contributed by atoms with van der Waals surface area (Å²) >= 11 is 1.38. The van der Waals surface area contributed by atoms with Crippen molar-refractivity contribution in [3.63, 3.8) is 0 Å². The van der Waals surface area contributed by atoms with E-state index in [9.17, 15) is 4.79 Å². The first kappa shape index (κ1) is 22.2. The predicted octanol–water partition coefficient (Wildman–Crippen LogP) is 4.74. The van der Waals surface area contributed by atoms with Crippen molar-refractivity contribution in [1.82, 2.24) is 29.9 Å². The lowest BCUT2D eigenvalue weighted by Gasteiger charge is -2.18. The number of carbonyl (C=O) groups excluding carboxylic acids is 1. The van der Waals surface area contributed by atoms with Gasteiger partial charge in [-0.15, -0.1) is 5.10 Å². The van der Waals surface area contributed by atoms with Crippen molar-refractivity contribution >= 4 is 45.4 Å². The van der Waals surface area contributed by atoms with Crippen LogP contribution in [0.15, 0.2) is 84.1 Å². The molecule has 36 heavy (non-hydrogen) atoms. The van der Waals surface area contributed by atoms with Crippen LogP contribution in [0.2, 0.25) is 0 Å². The second-order valence-electron chi connectivity index (χ2n) is 8.47. The third kappa shape index (κ3) is 4.07. The van der Waals surface area contributed by atoms with E-state index in [0.717, 1.165) is 38.8 Å². The lowest BCUT2D eigenvalue weighted by atomic mass is 9.91. The number of nitrogens with zero attached hydrogens (tertiary/aromatic N) is 3.